The molecule has 0 saturated heterocycles. The Morgan fingerprint density at radius 3 is 2.28 bits per heavy atom. The predicted octanol–water partition coefficient (Wildman–Crippen LogP) is 3.16. The predicted molar refractivity (Wildman–Crippen MR) is 109 cm³/mol. The molecule has 0 fully saturated rings. The van der Waals surface area contributed by atoms with Crippen molar-refractivity contribution in [1.29, 1.82) is 10.8 Å². The normalized spacial score (nSPS) is 12.3. The largest absolute Gasteiger partial charge is 0.481 e. The number of benzene rings is 2. The fraction of sp³-hybridized carbons (Fsp3) is 0.0952. The van der Waals surface area contributed by atoms with E-state index < -0.39 is 11.9 Å². The second-order valence-corrected chi connectivity index (χ2v) is 6.79. The van der Waals surface area contributed by atoms with Crippen molar-refractivity contribution >= 4 is 39.6 Å². The lowest BCUT2D eigenvalue weighted by atomic mass is 10.0. The first-order valence-corrected chi connectivity index (χ1v) is 8.79. The van der Waals surface area contributed by atoms with Gasteiger partial charge in [0.15, 0.2) is 0 Å². The number of carbonyl (C=O) groups is 1. The van der Waals surface area contributed by atoms with E-state index in [0.29, 0.717) is 33.4 Å². The molecule has 2 heterocycles. The van der Waals surface area contributed by atoms with Crippen molar-refractivity contribution in [3.8, 4) is 0 Å². The SMILES string of the molecule is N=C(N)c1ccc2oc(C(Cc3cc4ccc(C(=N)N)cc4o3)C(=O)O)cc2c1. The first-order chi connectivity index (χ1) is 13.8. The zero-order valence-electron chi connectivity index (χ0n) is 15.2. The van der Waals surface area contributed by atoms with Gasteiger partial charge in [-0.15, -0.1) is 0 Å². The minimum Gasteiger partial charge on any atom is -0.481 e. The molecule has 0 aliphatic heterocycles. The van der Waals surface area contributed by atoms with Gasteiger partial charge in [-0.3, -0.25) is 15.6 Å². The van der Waals surface area contributed by atoms with Gasteiger partial charge < -0.3 is 25.4 Å². The minimum atomic E-state index is -1.04. The molecule has 0 spiro atoms. The Morgan fingerprint density at radius 1 is 0.897 bits per heavy atom. The number of amidine groups is 2. The summed E-state index contributed by atoms with van der Waals surface area (Å²) >= 11 is 0. The highest BCUT2D eigenvalue weighted by Crippen LogP contribution is 2.30. The zero-order valence-corrected chi connectivity index (χ0v) is 15.2. The number of nitrogens with two attached hydrogens (primary N) is 2. The van der Waals surface area contributed by atoms with Gasteiger partial charge in [-0.2, -0.15) is 0 Å². The van der Waals surface area contributed by atoms with Crippen molar-refractivity contribution in [2.24, 2.45) is 11.5 Å². The first kappa shape index (κ1) is 18.3. The summed E-state index contributed by atoms with van der Waals surface area (Å²) in [4.78, 5) is 11.9. The Kier molecular flexibility index (Phi) is 4.31. The molecule has 4 rings (SSSR count). The number of rotatable bonds is 6. The van der Waals surface area contributed by atoms with Crippen LogP contribution in [-0.4, -0.2) is 22.7 Å². The van der Waals surface area contributed by atoms with E-state index in [2.05, 4.69) is 0 Å². The quantitative estimate of drug-likeness (QED) is 0.251. The van der Waals surface area contributed by atoms with Crippen LogP contribution in [0.4, 0.5) is 0 Å². The molecule has 8 nitrogen and oxygen atoms in total. The maximum Gasteiger partial charge on any atom is 0.314 e. The number of nitrogens with one attached hydrogen (secondary N) is 2. The van der Waals surface area contributed by atoms with E-state index in [-0.39, 0.29) is 23.9 Å². The molecule has 2 aromatic carbocycles. The summed E-state index contributed by atoms with van der Waals surface area (Å²) in [5.74, 6) is -1.36. The number of hydrogen-bond acceptors (Lipinski definition) is 5. The molecule has 8 heteroatoms. The fourth-order valence-electron chi connectivity index (χ4n) is 3.27. The molecule has 7 N–H and O–H groups in total. The molecular weight excluding hydrogens is 372 g/mol. The molecule has 0 saturated carbocycles. The summed E-state index contributed by atoms with van der Waals surface area (Å²) in [5.41, 5.74) is 13.1. The number of aliphatic carboxylic acids is 1. The van der Waals surface area contributed by atoms with Gasteiger partial charge in [0, 0.05) is 28.3 Å². The van der Waals surface area contributed by atoms with Crippen LogP contribution in [0.5, 0.6) is 0 Å². The second kappa shape index (κ2) is 6.83. The molecule has 0 radical (unpaired) electrons. The summed E-state index contributed by atoms with van der Waals surface area (Å²) in [5, 5.41) is 26.3. The third-order valence-corrected chi connectivity index (χ3v) is 4.78. The summed E-state index contributed by atoms with van der Waals surface area (Å²) in [6.45, 7) is 0. The van der Waals surface area contributed by atoms with Gasteiger partial charge >= 0.3 is 5.97 Å². The average molecular weight is 390 g/mol. The monoisotopic (exact) mass is 390 g/mol. The smallest absolute Gasteiger partial charge is 0.314 e. The molecule has 0 bridgehead atoms. The molecule has 29 heavy (non-hydrogen) atoms. The van der Waals surface area contributed by atoms with E-state index in [1.165, 1.54) is 0 Å². The molecule has 2 aromatic heterocycles. The number of hydrogen-bond donors (Lipinski definition) is 5. The van der Waals surface area contributed by atoms with Gasteiger partial charge in [0.25, 0.3) is 0 Å². The summed E-state index contributed by atoms with van der Waals surface area (Å²) < 4.78 is 11.5. The van der Waals surface area contributed by atoms with Crippen LogP contribution in [0, 0.1) is 10.8 Å². The number of carboxylic acid groups (broad SMARTS) is 1. The topological polar surface area (TPSA) is 163 Å². The van der Waals surface area contributed by atoms with Gasteiger partial charge in [0.05, 0.1) is 0 Å². The Balaban J connectivity index is 1.68. The molecule has 1 atom stereocenters. The highest BCUT2D eigenvalue weighted by Gasteiger charge is 2.26. The second-order valence-electron chi connectivity index (χ2n) is 6.79. The van der Waals surface area contributed by atoms with Crippen molar-refractivity contribution in [2.45, 2.75) is 12.3 Å². The van der Waals surface area contributed by atoms with Crippen LogP contribution in [0.25, 0.3) is 21.9 Å². The van der Waals surface area contributed by atoms with E-state index in [4.69, 9.17) is 31.1 Å². The van der Waals surface area contributed by atoms with Crippen LogP contribution < -0.4 is 11.5 Å². The van der Waals surface area contributed by atoms with Gasteiger partial charge in [-0.1, -0.05) is 12.1 Å². The Hall–Kier alpha value is -4.07. The molecule has 1 unspecified atom stereocenters. The fourth-order valence-corrected chi connectivity index (χ4v) is 3.27. The highest BCUT2D eigenvalue weighted by atomic mass is 16.4. The number of furan rings is 2. The molecular formula is C21H18N4O4. The molecule has 0 aliphatic rings. The number of fused-ring (bicyclic) bond motifs is 2. The Labute approximate surface area is 164 Å². The van der Waals surface area contributed by atoms with Gasteiger partial charge in [0.1, 0.15) is 40.3 Å². The standard InChI is InChI=1S/C21H18N4O4/c22-19(23)11-3-4-16-13(5-11)8-18(29-16)15(21(26)27)9-14-6-10-1-2-12(20(24)25)7-17(10)28-14/h1-8,15H,9H2,(H3,22,23)(H3,24,25)(H,26,27). The van der Waals surface area contributed by atoms with Gasteiger partial charge in [-0.25, -0.2) is 0 Å². The van der Waals surface area contributed by atoms with Crippen LogP contribution in [-0.2, 0) is 11.2 Å². The first-order valence-electron chi connectivity index (χ1n) is 8.79. The van der Waals surface area contributed by atoms with Crippen molar-refractivity contribution in [3.63, 3.8) is 0 Å². The lowest BCUT2D eigenvalue weighted by Crippen LogP contribution is -2.13. The third kappa shape index (κ3) is 3.43. The summed E-state index contributed by atoms with van der Waals surface area (Å²) in [6.07, 6.45) is 0.0960. The highest BCUT2D eigenvalue weighted by molar-refractivity contribution is 5.99. The van der Waals surface area contributed by atoms with Crippen LogP contribution in [0.3, 0.4) is 0 Å². The summed E-state index contributed by atoms with van der Waals surface area (Å²) in [7, 11) is 0. The van der Waals surface area contributed by atoms with Crippen molar-refractivity contribution in [3.05, 3.63) is 71.2 Å². The molecule has 146 valence electrons. The van der Waals surface area contributed by atoms with Crippen LogP contribution in [0.15, 0.2) is 57.4 Å². The Morgan fingerprint density at radius 2 is 1.59 bits per heavy atom. The van der Waals surface area contributed by atoms with Crippen molar-refractivity contribution in [1.82, 2.24) is 0 Å². The van der Waals surface area contributed by atoms with E-state index in [1.54, 1.807) is 48.5 Å². The zero-order chi connectivity index (χ0) is 20.7. The Bertz CT molecular complexity index is 1280. The van der Waals surface area contributed by atoms with E-state index in [0.717, 1.165) is 5.39 Å². The number of carboxylic acids is 1. The minimum absolute atomic E-state index is 0.0690. The van der Waals surface area contributed by atoms with Gasteiger partial charge in [-0.05, 0) is 36.4 Å². The molecule has 0 amide bonds. The van der Waals surface area contributed by atoms with Crippen molar-refractivity contribution in [2.75, 3.05) is 0 Å². The van der Waals surface area contributed by atoms with Crippen LogP contribution in [0.2, 0.25) is 0 Å². The van der Waals surface area contributed by atoms with Crippen LogP contribution in [0.1, 0.15) is 28.6 Å². The van der Waals surface area contributed by atoms with E-state index in [9.17, 15) is 9.90 Å². The molecule has 0 aliphatic carbocycles. The van der Waals surface area contributed by atoms with Crippen molar-refractivity contribution < 1.29 is 18.7 Å². The van der Waals surface area contributed by atoms with E-state index in [1.807, 2.05) is 0 Å². The average Bonchev–Trinajstić information content (AvgIpc) is 3.27. The maximum atomic E-state index is 11.9. The lowest BCUT2D eigenvalue weighted by Gasteiger charge is -2.07. The maximum absolute atomic E-state index is 11.9. The molecule has 4 aromatic rings. The van der Waals surface area contributed by atoms with Gasteiger partial charge in [0.2, 0.25) is 0 Å². The van der Waals surface area contributed by atoms with Crippen LogP contribution >= 0.6 is 0 Å². The number of nitrogen functional groups attached to an aromatic ring is 2. The summed E-state index contributed by atoms with van der Waals surface area (Å²) in [6, 6.07) is 13.6. The lowest BCUT2D eigenvalue weighted by molar-refractivity contribution is -0.139. The van der Waals surface area contributed by atoms with E-state index >= 15 is 0 Å². The third-order valence-electron chi connectivity index (χ3n) is 4.78.